The molecule has 0 radical (unpaired) electrons. The van der Waals surface area contributed by atoms with Gasteiger partial charge in [0.2, 0.25) is 0 Å². The summed E-state index contributed by atoms with van der Waals surface area (Å²) in [5, 5.41) is 6.12. The summed E-state index contributed by atoms with van der Waals surface area (Å²) in [6.45, 7) is 0.516. The van der Waals surface area contributed by atoms with Crippen LogP contribution in [0.25, 0.3) is 0 Å². The Kier molecular flexibility index (Phi) is 4.75. The number of benzene rings is 1. The molecule has 5 heteroatoms. The van der Waals surface area contributed by atoms with Crippen molar-refractivity contribution in [2.75, 3.05) is 11.9 Å². The highest BCUT2D eigenvalue weighted by molar-refractivity contribution is 6.31. The van der Waals surface area contributed by atoms with Gasteiger partial charge in [-0.2, -0.15) is 0 Å². The van der Waals surface area contributed by atoms with Crippen molar-refractivity contribution in [3.05, 3.63) is 59.2 Å². The predicted molar refractivity (Wildman–Crippen MR) is 76.4 cm³/mol. The summed E-state index contributed by atoms with van der Waals surface area (Å²) in [5.74, 6) is 0.526. The number of rotatable bonds is 4. The molecule has 98 valence electrons. The summed E-state index contributed by atoms with van der Waals surface area (Å²) in [5.41, 5.74) is 1.02. The van der Waals surface area contributed by atoms with Gasteiger partial charge in [-0.1, -0.05) is 35.9 Å². The van der Waals surface area contributed by atoms with E-state index in [1.165, 1.54) is 0 Å². The van der Waals surface area contributed by atoms with Crippen LogP contribution < -0.4 is 10.6 Å². The Morgan fingerprint density at radius 2 is 1.95 bits per heavy atom. The summed E-state index contributed by atoms with van der Waals surface area (Å²) in [7, 11) is 0. The smallest absolute Gasteiger partial charge is 0.320 e. The first-order valence-corrected chi connectivity index (χ1v) is 6.33. The molecule has 0 spiro atoms. The number of hydrogen-bond acceptors (Lipinski definition) is 2. The van der Waals surface area contributed by atoms with Gasteiger partial charge in [0.1, 0.15) is 5.82 Å². The standard InChI is InChI=1S/C14H14ClN3O/c15-12-6-2-1-5-11(12)8-10-17-14(19)18-13-7-3-4-9-16-13/h1-7,9H,8,10H2,(H2,16,17,18,19). The lowest BCUT2D eigenvalue weighted by Gasteiger charge is -2.07. The number of aromatic nitrogens is 1. The SMILES string of the molecule is O=C(NCCc1ccccc1Cl)Nc1ccccn1. The molecule has 0 aliphatic carbocycles. The lowest BCUT2D eigenvalue weighted by atomic mass is 10.1. The highest BCUT2D eigenvalue weighted by Crippen LogP contribution is 2.14. The van der Waals surface area contributed by atoms with Crippen molar-refractivity contribution < 1.29 is 4.79 Å². The van der Waals surface area contributed by atoms with Gasteiger partial charge in [-0.05, 0) is 30.2 Å². The van der Waals surface area contributed by atoms with Crippen molar-refractivity contribution in [3.8, 4) is 0 Å². The lowest BCUT2D eigenvalue weighted by Crippen LogP contribution is -2.30. The monoisotopic (exact) mass is 275 g/mol. The zero-order valence-electron chi connectivity index (χ0n) is 10.3. The van der Waals surface area contributed by atoms with Crippen molar-refractivity contribution in [1.29, 1.82) is 0 Å². The van der Waals surface area contributed by atoms with Crippen molar-refractivity contribution in [2.24, 2.45) is 0 Å². The van der Waals surface area contributed by atoms with Gasteiger partial charge in [-0.15, -0.1) is 0 Å². The van der Waals surface area contributed by atoms with E-state index in [1.807, 2.05) is 30.3 Å². The first-order valence-electron chi connectivity index (χ1n) is 5.95. The molecule has 2 aromatic rings. The number of nitrogens with one attached hydrogen (secondary N) is 2. The Balaban J connectivity index is 1.77. The number of nitrogens with zero attached hydrogens (tertiary/aromatic N) is 1. The van der Waals surface area contributed by atoms with Gasteiger partial charge < -0.3 is 5.32 Å². The quantitative estimate of drug-likeness (QED) is 0.901. The Labute approximate surface area is 116 Å². The van der Waals surface area contributed by atoms with Gasteiger partial charge in [0.05, 0.1) is 0 Å². The number of pyridine rings is 1. The van der Waals surface area contributed by atoms with Gasteiger partial charge in [0.15, 0.2) is 0 Å². The maximum atomic E-state index is 11.6. The second-order valence-corrected chi connectivity index (χ2v) is 4.34. The van der Waals surface area contributed by atoms with Crippen molar-refractivity contribution in [1.82, 2.24) is 10.3 Å². The highest BCUT2D eigenvalue weighted by Gasteiger charge is 2.03. The fraction of sp³-hybridized carbons (Fsp3) is 0.143. The fourth-order valence-corrected chi connectivity index (χ4v) is 1.84. The molecule has 2 amide bonds. The van der Waals surface area contributed by atoms with E-state index >= 15 is 0 Å². The molecule has 19 heavy (non-hydrogen) atoms. The van der Waals surface area contributed by atoms with Gasteiger partial charge >= 0.3 is 6.03 Å². The molecule has 1 aromatic heterocycles. The molecular formula is C14H14ClN3O. The van der Waals surface area contributed by atoms with Crippen LogP contribution in [-0.2, 0) is 6.42 Å². The average Bonchev–Trinajstić information content (AvgIpc) is 2.42. The summed E-state index contributed by atoms with van der Waals surface area (Å²) in [6.07, 6.45) is 2.31. The van der Waals surface area contributed by atoms with E-state index in [0.717, 1.165) is 10.6 Å². The molecule has 0 aliphatic heterocycles. The Bertz CT molecular complexity index is 545. The maximum absolute atomic E-state index is 11.6. The van der Waals surface area contributed by atoms with Crippen LogP contribution >= 0.6 is 11.6 Å². The van der Waals surface area contributed by atoms with Gasteiger partial charge in [-0.3, -0.25) is 5.32 Å². The number of halogens is 1. The fourth-order valence-electron chi connectivity index (χ4n) is 1.61. The van der Waals surface area contributed by atoms with E-state index in [1.54, 1.807) is 18.3 Å². The second-order valence-electron chi connectivity index (χ2n) is 3.94. The summed E-state index contributed by atoms with van der Waals surface area (Å²) in [4.78, 5) is 15.6. The van der Waals surface area contributed by atoms with E-state index in [-0.39, 0.29) is 6.03 Å². The molecule has 2 N–H and O–H groups in total. The molecule has 0 atom stereocenters. The Morgan fingerprint density at radius 3 is 2.68 bits per heavy atom. The minimum Gasteiger partial charge on any atom is -0.337 e. The van der Waals surface area contributed by atoms with Crippen molar-refractivity contribution in [2.45, 2.75) is 6.42 Å². The molecule has 0 saturated heterocycles. The third-order valence-corrected chi connectivity index (χ3v) is 2.91. The van der Waals surface area contributed by atoms with Crippen LogP contribution in [0.1, 0.15) is 5.56 Å². The van der Waals surface area contributed by atoms with E-state index in [9.17, 15) is 4.79 Å². The first kappa shape index (κ1) is 13.4. The van der Waals surface area contributed by atoms with Crippen molar-refractivity contribution in [3.63, 3.8) is 0 Å². The minimum absolute atomic E-state index is 0.272. The minimum atomic E-state index is -0.272. The molecule has 1 aromatic carbocycles. The number of carbonyl (C=O) groups excluding carboxylic acids is 1. The normalized spacial score (nSPS) is 9.95. The van der Waals surface area contributed by atoms with Gasteiger partial charge in [0, 0.05) is 17.8 Å². The molecular weight excluding hydrogens is 262 g/mol. The van der Waals surface area contributed by atoms with Crippen molar-refractivity contribution >= 4 is 23.4 Å². The third kappa shape index (κ3) is 4.26. The molecule has 0 saturated carbocycles. The van der Waals surface area contributed by atoms with Crippen LogP contribution in [0.15, 0.2) is 48.7 Å². The van der Waals surface area contributed by atoms with Crippen LogP contribution in [0.3, 0.4) is 0 Å². The van der Waals surface area contributed by atoms with Crippen LogP contribution in [0.2, 0.25) is 5.02 Å². The summed E-state index contributed by atoms with van der Waals surface area (Å²) >= 11 is 6.03. The number of amides is 2. The third-order valence-electron chi connectivity index (χ3n) is 2.54. The van der Waals surface area contributed by atoms with E-state index < -0.39 is 0 Å². The lowest BCUT2D eigenvalue weighted by molar-refractivity contribution is 0.252. The van der Waals surface area contributed by atoms with Crippen LogP contribution in [-0.4, -0.2) is 17.6 Å². The number of hydrogen-bond donors (Lipinski definition) is 2. The summed E-state index contributed by atoms with van der Waals surface area (Å²) in [6, 6.07) is 12.7. The van der Waals surface area contributed by atoms with Crippen LogP contribution in [0.5, 0.6) is 0 Å². The molecule has 2 rings (SSSR count). The van der Waals surface area contributed by atoms with Gasteiger partial charge in [-0.25, -0.2) is 9.78 Å². The summed E-state index contributed by atoms with van der Waals surface area (Å²) < 4.78 is 0. The average molecular weight is 276 g/mol. The molecule has 4 nitrogen and oxygen atoms in total. The molecule has 0 aliphatic rings. The largest absolute Gasteiger partial charge is 0.337 e. The zero-order valence-corrected chi connectivity index (χ0v) is 11.0. The van der Waals surface area contributed by atoms with Crippen LogP contribution in [0.4, 0.5) is 10.6 Å². The zero-order chi connectivity index (χ0) is 13.5. The molecule has 1 heterocycles. The predicted octanol–water partition coefficient (Wildman–Crippen LogP) is 3.10. The number of anilines is 1. The van der Waals surface area contributed by atoms with Gasteiger partial charge in [0.25, 0.3) is 0 Å². The molecule has 0 bridgehead atoms. The first-order chi connectivity index (χ1) is 9.25. The van der Waals surface area contributed by atoms with E-state index in [0.29, 0.717) is 18.8 Å². The Hall–Kier alpha value is -2.07. The maximum Gasteiger partial charge on any atom is 0.320 e. The number of carbonyl (C=O) groups is 1. The topological polar surface area (TPSA) is 54.0 Å². The van der Waals surface area contributed by atoms with E-state index in [2.05, 4.69) is 15.6 Å². The molecule has 0 fully saturated rings. The van der Waals surface area contributed by atoms with E-state index in [4.69, 9.17) is 11.6 Å². The van der Waals surface area contributed by atoms with Crippen LogP contribution in [0, 0.1) is 0 Å². The highest BCUT2D eigenvalue weighted by atomic mass is 35.5. The Morgan fingerprint density at radius 1 is 1.16 bits per heavy atom. The number of urea groups is 1. The molecule has 0 unspecified atom stereocenters. The second kappa shape index (κ2) is 6.75.